The fraction of sp³-hybridized carbons (Fsp3) is 0.195. The highest BCUT2D eigenvalue weighted by molar-refractivity contribution is 6.57. The van der Waals surface area contributed by atoms with Gasteiger partial charge in [0.15, 0.2) is 0 Å². The zero-order chi connectivity index (χ0) is 26.6. The third-order valence-corrected chi connectivity index (χ3v) is 15.0. The summed E-state index contributed by atoms with van der Waals surface area (Å²) in [6.45, 7) is 0. The highest BCUT2D eigenvalue weighted by Crippen LogP contribution is 2.86. The lowest BCUT2D eigenvalue weighted by molar-refractivity contribution is -0.139. The molecule has 5 unspecified atom stereocenters. The first-order valence-electron chi connectivity index (χ1n) is 16.2. The molecule has 9 aromatic carbocycles. The van der Waals surface area contributed by atoms with Gasteiger partial charge in [0.2, 0.25) is 0 Å². The van der Waals surface area contributed by atoms with E-state index in [9.17, 15) is 9.90 Å². The smallest absolute Gasteiger partial charge is 0.308 e. The molecule has 43 heavy (non-hydrogen) atoms. The highest BCUT2D eigenvalue weighted by Gasteiger charge is 2.79. The Morgan fingerprint density at radius 3 is 2.26 bits per heavy atom. The van der Waals surface area contributed by atoms with E-state index in [2.05, 4.69) is 36.4 Å². The van der Waals surface area contributed by atoms with Crippen LogP contribution in [0.15, 0.2) is 47.6 Å². The molecular weight excluding hydrogens is 524 g/mol. The zero-order valence-corrected chi connectivity index (χ0v) is 22.6. The average Bonchev–Trinajstić information content (AvgIpc) is 3.60. The molecule has 1 N–H and O–H groups in total. The molecule has 0 aromatic heterocycles. The van der Waals surface area contributed by atoms with Gasteiger partial charge in [0.25, 0.3) is 0 Å². The Balaban J connectivity index is 1.34. The minimum atomic E-state index is -0.588. The summed E-state index contributed by atoms with van der Waals surface area (Å²) in [6, 6.07) is 10.1. The molecule has 0 heterocycles. The van der Waals surface area contributed by atoms with E-state index in [4.69, 9.17) is 0 Å². The van der Waals surface area contributed by atoms with Crippen molar-refractivity contribution in [1.82, 2.24) is 0 Å². The first-order valence-corrected chi connectivity index (χ1v) is 16.2. The van der Waals surface area contributed by atoms with Crippen LogP contribution in [0.5, 0.6) is 0 Å². The molecule has 0 amide bonds. The third kappa shape index (κ3) is 1.21. The first-order chi connectivity index (χ1) is 21.2. The lowest BCUT2D eigenvalue weighted by atomic mass is 9.62. The predicted octanol–water partition coefficient (Wildman–Crippen LogP) is 8.88. The van der Waals surface area contributed by atoms with Crippen LogP contribution in [0.2, 0.25) is 0 Å². The highest BCUT2D eigenvalue weighted by atomic mass is 16.4. The van der Waals surface area contributed by atoms with Crippen LogP contribution in [0, 0.1) is 23.2 Å². The van der Waals surface area contributed by atoms with E-state index in [0.717, 1.165) is 12.8 Å². The summed E-state index contributed by atoms with van der Waals surface area (Å²) in [5, 5.41) is 35.2. The van der Waals surface area contributed by atoms with E-state index in [1.165, 1.54) is 65.5 Å². The summed E-state index contributed by atoms with van der Waals surface area (Å²) in [7, 11) is 0. The fourth-order valence-corrected chi connectivity index (χ4v) is 14.5. The van der Waals surface area contributed by atoms with Gasteiger partial charge in [0.05, 0.1) is 5.92 Å². The molecule has 9 aromatic rings. The maximum atomic E-state index is 13.1. The quantitative estimate of drug-likeness (QED) is 0.211. The Hall–Kier alpha value is -4.69. The van der Waals surface area contributed by atoms with Crippen LogP contribution in [-0.2, 0) is 17.6 Å². The van der Waals surface area contributed by atoms with Crippen LogP contribution >= 0.6 is 0 Å². The number of carboxylic acids is 1. The maximum absolute atomic E-state index is 13.1. The van der Waals surface area contributed by atoms with Gasteiger partial charge in [-0.3, -0.25) is 4.79 Å². The lowest BCUT2D eigenvalue weighted by Crippen LogP contribution is -2.28. The third-order valence-electron chi connectivity index (χ3n) is 15.0. The van der Waals surface area contributed by atoms with Gasteiger partial charge in [-0.25, -0.2) is 0 Å². The van der Waals surface area contributed by atoms with Gasteiger partial charge in [-0.2, -0.15) is 0 Å². The molecule has 2 nitrogen and oxygen atoms in total. The number of rotatable bonds is 1. The number of hydrogen-bond acceptors (Lipinski definition) is 1. The lowest BCUT2D eigenvalue weighted by Gasteiger charge is -2.40. The number of carboxylic acid groups (broad SMARTS) is 1. The number of allylic oxidation sites excluding steroid dienone is 6. The van der Waals surface area contributed by atoms with Crippen LogP contribution < -0.4 is 0 Å². The second kappa shape index (κ2) is 4.44. The molecule has 0 radical (unpaired) electrons. The molecular formula is C41H16O2. The maximum Gasteiger partial charge on any atom is 0.308 e. The summed E-state index contributed by atoms with van der Waals surface area (Å²) < 4.78 is 0. The van der Waals surface area contributed by atoms with E-state index < -0.39 is 5.97 Å². The minimum absolute atomic E-state index is 0.122. The number of fused-ring (bicyclic) bond motifs is 1. The Labute approximate surface area is 241 Å². The summed E-state index contributed by atoms with van der Waals surface area (Å²) in [5.41, 5.74) is 15.1. The van der Waals surface area contributed by atoms with Crippen LogP contribution in [0.3, 0.4) is 0 Å². The first kappa shape index (κ1) is 18.1. The predicted molar refractivity (Wildman–Crippen MR) is 170 cm³/mol. The van der Waals surface area contributed by atoms with Crippen molar-refractivity contribution in [1.29, 1.82) is 0 Å². The van der Waals surface area contributed by atoms with Gasteiger partial charge >= 0.3 is 5.97 Å². The molecule has 0 aliphatic heterocycles. The fourth-order valence-electron chi connectivity index (χ4n) is 14.5. The molecule has 8 aliphatic carbocycles. The topological polar surface area (TPSA) is 37.3 Å². The average molecular weight is 541 g/mol. The van der Waals surface area contributed by atoms with Crippen LogP contribution in [0.25, 0.3) is 97.3 Å². The summed E-state index contributed by atoms with van der Waals surface area (Å²) in [6.07, 6.45) is 7.19. The van der Waals surface area contributed by atoms with Crippen molar-refractivity contribution in [2.75, 3.05) is 0 Å². The van der Waals surface area contributed by atoms with Gasteiger partial charge in [-0.15, -0.1) is 0 Å². The van der Waals surface area contributed by atoms with Crippen molar-refractivity contribution in [2.45, 2.75) is 24.7 Å². The molecule has 2 fully saturated rings. The van der Waals surface area contributed by atoms with Crippen molar-refractivity contribution in [2.24, 2.45) is 23.2 Å². The van der Waals surface area contributed by atoms with Gasteiger partial charge in [-0.1, -0.05) is 24.3 Å². The number of aliphatic carboxylic acids is 1. The van der Waals surface area contributed by atoms with Crippen molar-refractivity contribution < 1.29 is 9.90 Å². The molecule has 1 spiro atoms. The van der Waals surface area contributed by atoms with Crippen LogP contribution in [0.1, 0.15) is 45.2 Å². The van der Waals surface area contributed by atoms with Gasteiger partial charge < -0.3 is 5.11 Å². The summed E-state index contributed by atoms with van der Waals surface area (Å²) in [5.74, 6) is 0.301. The second-order valence-corrected chi connectivity index (χ2v) is 15.8. The van der Waals surface area contributed by atoms with Crippen LogP contribution in [-0.4, -0.2) is 11.1 Å². The Bertz CT molecular complexity index is 3220. The number of benzene rings is 5. The number of carbonyl (C=O) groups is 1. The largest absolute Gasteiger partial charge is 0.481 e. The van der Waals surface area contributed by atoms with Gasteiger partial charge in [0, 0.05) is 23.2 Å². The molecule has 6 atom stereocenters. The SMILES string of the molecule is O=C(O)C1C2C3=C[C@H]4Cc5cc6cc7cc8cc9c%10c%11c%12c%13c%14c%15c%16c(c5c6c5c7c(c8%10)c(c%14%11)c%165)C4C%15=C3C%13C12C=C%12C9. The Kier molecular flexibility index (Phi) is 1.86. The zero-order valence-electron chi connectivity index (χ0n) is 22.6. The normalized spacial score (nSPS) is 32.7. The molecule has 0 bridgehead atoms. The van der Waals surface area contributed by atoms with Crippen molar-refractivity contribution in [3.63, 3.8) is 0 Å². The number of hydrogen-bond donors (Lipinski definition) is 1. The summed E-state index contributed by atoms with van der Waals surface area (Å²) in [4.78, 5) is 13.1. The molecule has 2 heteroatoms. The van der Waals surface area contributed by atoms with E-state index in [1.807, 2.05) is 0 Å². The van der Waals surface area contributed by atoms with E-state index in [-0.39, 0.29) is 23.2 Å². The Morgan fingerprint density at radius 2 is 1.40 bits per heavy atom. The van der Waals surface area contributed by atoms with Crippen molar-refractivity contribution in [3.05, 3.63) is 80.9 Å². The second-order valence-electron chi connectivity index (χ2n) is 15.8. The Morgan fingerprint density at radius 1 is 0.698 bits per heavy atom. The minimum Gasteiger partial charge on any atom is -0.481 e. The van der Waals surface area contributed by atoms with Crippen LogP contribution in [0.4, 0.5) is 0 Å². The van der Waals surface area contributed by atoms with E-state index >= 15 is 0 Å². The standard InChI is InChI=1S/C41H16O2/c42-40(43)39-37-16-7-14-5-11-1-9-2-12-3-10-4-13-6-15-8-41(37,39)38-24(16)29-22(14)27-19(11)17(9)25-21(12)26-18(10)20(13)28-23(15)36(38)35-33(28)31(26)30(25)32(27)34(29)35/h1-4,7-8,14,22,37-39H,5-6H2,(H,42,43)/t14-,22?,37?,38?,39?,41?/m1/s1. The van der Waals surface area contributed by atoms with E-state index in [0.29, 0.717) is 11.8 Å². The van der Waals surface area contributed by atoms with E-state index in [1.54, 1.807) is 76.3 Å². The van der Waals surface area contributed by atoms with Gasteiger partial charge in [0.1, 0.15) is 0 Å². The molecule has 17 rings (SSSR count). The summed E-state index contributed by atoms with van der Waals surface area (Å²) >= 11 is 0. The molecule has 8 aliphatic rings. The van der Waals surface area contributed by atoms with Crippen molar-refractivity contribution >= 4 is 103 Å². The molecule has 0 saturated heterocycles. The van der Waals surface area contributed by atoms with Crippen molar-refractivity contribution in [3.8, 4) is 0 Å². The molecule has 2 saturated carbocycles. The van der Waals surface area contributed by atoms with Gasteiger partial charge in [-0.05, 0) is 173 Å². The molecule has 192 valence electrons. The monoisotopic (exact) mass is 540 g/mol.